The molecule has 0 aromatic heterocycles. The highest BCUT2D eigenvalue weighted by Crippen LogP contribution is 1.97. The van der Waals surface area contributed by atoms with Gasteiger partial charge in [0.2, 0.25) is 5.91 Å². The van der Waals surface area contributed by atoms with Crippen molar-refractivity contribution in [1.82, 2.24) is 10.6 Å². The lowest BCUT2D eigenvalue weighted by Gasteiger charge is -2.15. The summed E-state index contributed by atoms with van der Waals surface area (Å²) in [6, 6.07) is 0. The third kappa shape index (κ3) is 2.76. The Hall–Kier alpha value is -0.770. The predicted octanol–water partition coefficient (Wildman–Crippen LogP) is -0.598. The van der Waals surface area contributed by atoms with Gasteiger partial charge in [-0.15, -0.1) is 12.4 Å². The van der Waals surface area contributed by atoms with Gasteiger partial charge in [0.05, 0.1) is 18.8 Å². The average molecular weight is 178 g/mol. The first-order valence-electron chi connectivity index (χ1n) is 3.28. The van der Waals surface area contributed by atoms with Crippen LogP contribution in [-0.2, 0) is 4.79 Å². The van der Waals surface area contributed by atoms with Crippen LogP contribution in [-0.4, -0.2) is 32.4 Å². The van der Waals surface area contributed by atoms with Crippen LogP contribution in [0.4, 0.5) is 0 Å². The normalized spacial score (nSPS) is 21.4. The monoisotopic (exact) mass is 177 g/mol. The van der Waals surface area contributed by atoms with Crippen LogP contribution < -0.4 is 10.6 Å². The molecule has 0 spiro atoms. The molecule has 1 aliphatic heterocycles. The molecule has 64 valence electrons. The Labute approximate surface area is 71.9 Å². The van der Waals surface area contributed by atoms with Gasteiger partial charge in [0.1, 0.15) is 0 Å². The fourth-order valence-corrected chi connectivity index (χ4v) is 0.884. The van der Waals surface area contributed by atoms with Gasteiger partial charge in [-0.05, 0) is 0 Å². The molecule has 2 N–H and O–H groups in total. The highest BCUT2D eigenvalue weighted by molar-refractivity contribution is 5.85. The zero-order valence-electron chi connectivity index (χ0n) is 6.33. The molecule has 1 atom stereocenters. The fourth-order valence-electron chi connectivity index (χ4n) is 0.884. The van der Waals surface area contributed by atoms with Gasteiger partial charge in [-0.1, -0.05) is 0 Å². The van der Waals surface area contributed by atoms with E-state index in [9.17, 15) is 4.79 Å². The molecule has 0 saturated carbocycles. The number of carbonyl (C=O) groups is 1. The number of carbonyl (C=O) groups excluding carboxylic acids is 1. The Morgan fingerprint density at radius 1 is 1.82 bits per heavy atom. The molecular formula is C6H12ClN3O. The van der Waals surface area contributed by atoms with E-state index >= 15 is 0 Å². The quantitative estimate of drug-likeness (QED) is 0.562. The molecule has 1 heterocycles. The topological polar surface area (TPSA) is 53.5 Å². The van der Waals surface area contributed by atoms with E-state index in [1.165, 1.54) is 0 Å². The SMILES string of the molecule is CNC(=O)C1CN=CNC1.Cl. The minimum absolute atomic E-state index is 0. The van der Waals surface area contributed by atoms with Crippen LogP contribution in [0.5, 0.6) is 0 Å². The number of hydrogen-bond donors (Lipinski definition) is 2. The van der Waals surface area contributed by atoms with Crippen LogP contribution in [0, 0.1) is 5.92 Å². The average Bonchev–Trinajstić information content (AvgIpc) is 2.05. The molecule has 0 aliphatic carbocycles. The molecule has 0 radical (unpaired) electrons. The van der Waals surface area contributed by atoms with Gasteiger partial charge in [0.15, 0.2) is 0 Å². The van der Waals surface area contributed by atoms with Crippen molar-refractivity contribution >= 4 is 24.7 Å². The van der Waals surface area contributed by atoms with Crippen LogP contribution in [0.2, 0.25) is 0 Å². The van der Waals surface area contributed by atoms with Gasteiger partial charge in [-0.2, -0.15) is 0 Å². The lowest BCUT2D eigenvalue weighted by atomic mass is 10.1. The summed E-state index contributed by atoms with van der Waals surface area (Å²) in [5.74, 6) is 0.0688. The number of aliphatic imine (C=N–C) groups is 1. The first-order chi connectivity index (χ1) is 4.84. The molecule has 5 heteroatoms. The minimum atomic E-state index is 0. The van der Waals surface area contributed by atoms with E-state index in [4.69, 9.17) is 0 Å². The fraction of sp³-hybridized carbons (Fsp3) is 0.667. The summed E-state index contributed by atoms with van der Waals surface area (Å²) in [7, 11) is 1.64. The smallest absolute Gasteiger partial charge is 0.226 e. The summed E-state index contributed by atoms with van der Waals surface area (Å²) >= 11 is 0. The predicted molar refractivity (Wildman–Crippen MR) is 46.2 cm³/mol. The zero-order valence-corrected chi connectivity index (χ0v) is 7.15. The summed E-state index contributed by atoms with van der Waals surface area (Å²) < 4.78 is 0. The maximum Gasteiger partial charge on any atom is 0.226 e. The first kappa shape index (κ1) is 10.2. The van der Waals surface area contributed by atoms with Crippen LogP contribution in [0.1, 0.15) is 0 Å². The molecular weight excluding hydrogens is 166 g/mol. The first-order valence-corrected chi connectivity index (χ1v) is 3.28. The summed E-state index contributed by atoms with van der Waals surface area (Å²) in [6.45, 7) is 1.30. The Morgan fingerprint density at radius 3 is 3.00 bits per heavy atom. The Balaban J connectivity index is 0.000001000. The van der Waals surface area contributed by atoms with E-state index in [1.54, 1.807) is 13.4 Å². The van der Waals surface area contributed by atoms with Crippen LogP contribution in [0.3, 0.4) is 0 Å². The highest BCUT2D eigenvalue weighted by Gasteiger charge is 2.17. The highest BCUT2D eigenvalue weighted by atomic mass is 35.5. The lowest BCUT2D eigenvalue weighted by Crippen LogP contribution is -2.39. The number of amides is 1. The lowest BCUT2D eigenvalue weighted by molar-refractivity contribution is -0.124. The standard InChI is InChI=1S/C6H11N3O.ClH/c1-7-6(10)5-2-8-4-9-3-5;/h4-5H,2-3H2,1H3,(H,7,10)(H,8,9);1H. The van der Waals surface area contributed by atoms with E-state index in [-0.39, 0.29) is 24.2 Å². The van der Waals surface area contributed by atoms with E-state index in [0.717, 1.165) is 0 Å². The Bertz CT molecular complexity index is 160. The third-order valence-corrected chi connectivity index (χ3v) is 1.49. The van der Waals surface area contributed by atoms with Gasteiger partial charge in [-0.3, -0.25) is 9.79 Å². The second-order valence-electron chi connectivity index (χ2n) is 2.21. The van der Waals surface area contributed by atoms with Crippen molar-refractivity contribution in [2.75, 3.05) is 20.1 Å². The number of rotatable bonds is 1. The van der Waals surface area contributed by atoms with Gasteiger partial charge in [0, 0.05) is 13.6 Å². The summed E-state index contributed by atoms with van der Waals surface area (Å²) in [5, 5.41) is 5.48. The summed E-state index contributed by atoms with van der Waals surface area (Å²) in [6.07, 6.45) is 1.64. The van der Waals surface area contributed by atoms with Gasteiger partial charge in [0.25, 0.3) is 0 Å². The zero-order chi connectivity index (χ0) is 7.40. The van der Waals surface area contributed by atoms with Gasteiger partial charge < -0.3 is 10.6 Å². The molecule has 11 heavy (non-hydrogen) atoms. The molecule has 1 unspecified atom stereocenters. The number of nitrogens with zero attached hydrogens (tertiary/aromatic N) is 1. The van der Waals surface area contributed by atoms with Crippen molar-refractivity contribution in [3.05, 3.63) is 0 Å². The van der Waals surface area contributed by atoms with Crippen molar-refractivity contribution in [1.29, 1.82) is 0 Å². The number of hydrogen-bond acceptors (Lipinski definition) is 3. The summed E-state index contributed by atoms with van der Waals surface area (Å²) in [5.41, 5.74) is 0. The second-order valence-corrected chi connectivity index (χ2v) is 2.21. The maximum absolute atomic E-state index is 10.9. The van der Waals surface area contributed by atoms with Crippen LogP contribution in [0.25, 0.3) is 0 Å². The van der Waals surface area contributed by atoms with Crippen molar-refractivity contribution in [3.8, 4) is 0 Å². The third-order valence-electron chi connectivity index (χ3n) is 1.49. The van der Waals surface area contributed by atoms with Gasteiger partial charge >= 0.3 is 0 Å². The van der Waals surface area contributed by atoms with E-state index in [0.29, 0.717) is 13.1 Å². The molecule has 0 aromatic rings. The number of halogens is 1. The molecule has 0 bridgehead atoms. The van der Waals surface area contributed by atoms with Gasteiger partial charge in [-0.25, -0.2) is 0 Å². The Morgan fingerprint density at radius 2 is 2.55 bits per heavy atom. The maximum atomic E-state index is 10.9. The van der Waals surface area contributed by atoms with E-state index < -0.39 is 0 Å². The minimum Gasteiger partial charge on any atom is -0.376 e. The second kappa shape index (κ2) is 4.96. The van der Waals surface area contributed by atoms with Crippen molar-refractivity contribution in [2.45, 2.75) is 0 Å². The molecule has 1 rings (SSSR count). The largest absolute Gasteiger partial charge is 0.376 e. The molecule has 0 saturated heterocycles. The molecule has 0 fully saturated rings. The molecule has 1 amide bonds. The van der Waals surface area contributed by atoms with Crippen molar-refractivity contribution < 1.29 is 4.79 Å². The summed E-state index contributed by atoms with van der Waals surface area (Å²) in [4.78, 5) is 14.9. The number of nitrogens with one attached hydrogen (secondary N) is 2. The van der Waals surface area contributed by atoms with E-state index in [2.05, 4.69) is 15.6 Å². The molecule has 0 aromatic carbocycles. The van der Waals surface area contributed by atoms with Crippen molar-refractivity contribution in [3.63, 3.8) is 0 Å². The molecule has 4 nitrogen and oxygen atoms in total. The Kier molecular flexibility index (Phi) is 4.61. The molecule has 1 aliphatic rings. The van der Waals surface area contributed by atoms with Crippen LogP contribution >= 0.6 is 12.4 Å². The van der Waals surface area contributed by atoms with E-state index in [1.807, 2.05) is 0 Å². The van der Waals surface area contributed by atoms with Crippen molar-refractivity contribution in [2.24, 2.45) is 10.9 Å². The van der Waals surface area contributed by atoms with Crippen LogP contribution in [0.15, 0.2) is 4.99 Å².